The van der Waals surface area contributed by atoms with Gasteiger partial charge >= 0.3 is 5.97 Å². The Kier molecular flexibility index (Phi) is 35.2. The maximum Gasteiger partial charge on any atom is 0.329 e. The van der Waals surface area contributed by atoms with Gasteiger partial charge in [-0.25, -0.2) is 4.79 Å². The number of Topliss-reactive ketones (excluding diaryl/α,β-unsaturated/α-hetero) is 1. The van der Waals surface area contributed by atoms with Gasteiger partial charge in [0, 0.05) is 25.3 Å². The molecule has 16 atom stereocenters. The first kappa shape index (κ1) is 80.5. The molecule has 28 heteroatoms. The minimum Gasteiger partial charge on any atom is -0.458 e. The molecule has 1 heterocycles. The fourth-order valence-corrected chi connectivity index (χ4v) is 11.4. The fourth-order valence-electron chi connectivity index (χ4n) is 11.4. The Balaban J connectivity index is 1.94. The van der Waals surface area contributed by atoms with Gasteiger partial charge in [0.15, 0.2) is 11.7 Å². The van der Waals surface area contributed by atoms with E-state index in [9.17, 15) is 57.8 Å². The van der Waals surface area contributed by atoms with Gasteiger partial charge in [-0.05, 0) is 94.1 Å². The number of carbonyl (C=O) groups excluding carboxylic acids is 11. The Labute approximate surface area is 554 Å². The van der Waals surface area contributed by atoms with Gasteiger partial charge in [0.1, 0.15) is 60.5 Å². The molecule has 94 heavy (non-hydrogen) atoms. The fraction of sp³-hybridized carbons (Fsp3) is 0.712. The summed E-state index contributed by atoms with van der Waals surface area (Å²) in [5, 5.41) is 46.2. The molecule has 3 rings (SSSR count). The lowest BCUT2D eigenvalue weighted by Crippen LogP contribution is -2.62. The van der Waals surface area contributed by atoms with Gasteiger partial charge < -0.3 is 80.2 Å². The molecule has 9 amide bonds. The first-order valence-electron chi connectivity index (χ1n) is 33.7. The van der Waals surface area contributed by atoms with E-state index in [1.54, 1.807) is 48.6 Å². The zero-order valence-corrected chi connectivity index (χ0v) is 57.2. The van der Waals surface area contributed by atoms with Crippen molar-refractivity contribution in [2.75, 3.05) is 20.2 Å². The van der Waals surface area contributed by atoms with Crippen LogP contribution < -0.4 is 70.4 Å². The second-order valence-corrected chi connectivity index (χ2v) is 25.7. The minimum atomic E-state index is -1.76. The highest BCUT2D eigenvalue weighted by Crippen LogP contribution is 2.28. The molecule has 1 aliphatic heterocycles. The highest BCUT2D eigenvalue weighted by atomic mass is 16.5. The van der Waals surface area contributed by atoms with Crippen molar-refractivity contribution in [2.45, 2.75) is 245 Å². The number of amidine groups is 1. The van der Waals surface area contributed by atoms with Crippen LogP contribution in [-0.4, -0.2) is 169 Å². The van der Waals surface area contributed by atoms with E-state index >= 15 is 0 Å². The Hall–Kier alpha value is -7.75. The third-order valence-electron chi connectivity index (χ3n) is 18.4. The van der Waals surface area contributed by atoms with Crippen molar-refractivity contribution in [1.82, 2.24) is 53.2 Å². The molecule has 1 saturated heterocycles. The summed E-state index contributed by atoms with van der Waals surface area (Å²) < 4.78 is 5.85. The van der Waals surface area contributed by atoms with Gasteiger partial charge in [0.25, 0.3) is 0 Å². The van der Waals surface area contributed by atoms with E-state index in [0.29, 0.717) is 51.4 Å². The number of nitrogens with zero attached hydrogens (tertiary/aromatic N) is 1. The summed E-state index contributed by atoms with van der Waals surface area (Å²) in [7, 11) is 1.64. The van der Waals surface area contributed by atoms with Gasteiger partial charge in [-0.2, -0.15) is 0 Å². The predicted molar refractivity (Wildman–Crippen MR) is 356 cm³/mol. The number of cyclic esters (lactones) is 1. The summed E-state index contributed by atoms with van der Waals surface area (Å²) in [6, 6.07) is -3.42. The number of nitrogens with one attached hydrogen (secondary N) is 11. The molecule has 0 spiro atoms. The maximum atomic E-state index is 14.7. The minimum absolute atomic E-state index is 0.0190. The van der Waals surface area contributed by atoms with Crippen LogP contribution in [0.5, 0.6) is 0 Å². The molecule has 528 valence electrons. The van der Waals surface area contributed by atoms with Gasteiger partial charge in [-0.15, -0.1) is 0 Å². The zero-order chi connectivity index (χ0) is 70.4. The van der Waals surface area contributed by atoms with Crippen LogP contribution in [-0.2, 0) is 63.9 Å². The number of nitrogens with two attached hydrogens (primary N) is 3. The Morgan fingerprint density at radius 1 is 0.638 bits per heavy atom. The molecule has 1 aliphatic carbocycles. The summed E-state index contributed by atoms with van der Waals surface area (Å²) in [5.41, 5.74) is 17.7. The van der Waals surface area contributed by atoms with Crippen molar-refractivity contribution in [1.29, 1.82) is 5.41 Å². The van der Waals surface area contributed by atoms with Gasteiger partial charge in [-0.3, -0.25) is 58.3 Å². The molecule has 0 bridgehead atoms. The largest absolute Gasteiger partial charge is 0.458 e. The van der Waals surface area contributed by atoms with Gasteiger partial charge in [0.05, 0.1) is 18.5 Å². The van der Waals surface area contributed by atoms with E-state index in [2.05, 4.69) is 58.2 Å². The van der Waals surface area contributed by atoms with E-state index in [1.807, 2.05) is 44.2 Å². The Morgan fingerprint density at radius 3 is 1.65 bits per heavy atom. The topological polar surface area (TPSA) is 452 Å². The molecule has 2 aliphatic rings. The monoisotopic (exact) mass is 1320 g/mol. The second-order valence-electron chi connectivity index (χ2n) is 25.7. The van der Waals surface area contributed by atoms with E-state index in [-0.39, 0.29) is 56.4 Å². The molecule has 1 aromatic rings. The van der Waals surface area contributed by atoms with Crippen molar-refractivity contribution in [3.63, 3.8) is 0 Å². The number of hydrogen-bond acceptors (Lipinski definition) is 16. The number of benzene rings is 1. The highest BCUT2D eigenvalue weighted by molar-refractivity contribution is 5.99. The number of rotatable bonds is 36. The number of unbranched alkanes of at least 4 members (excludes halogenated alkanes) is 1. The summed E-state index contributed by atoms with van der Waals surface area (Å²) in [4.78, 5) is 161. The third-order valence-corrected chi connectivity index (χ3v) is 18.4. The Bertz CT molecular complexity index is 2710. The first-order valence-corrected chi connectivity index (χ1v) is 33.7. The predicted octanol–water partition coefficient (Wildman–Crippen LogP) is 1.03. The molecule has 1 saturated carbocycles. The van der Waals surface area contributed by atoms with Crippen LogP contribution in [0.25, 0.3) is 0 Å². The summed E-state index contributed by atoms with van der Waals surface area (Å²) in [5.74, 6) is -11.9. The van der Waals surface area contributed by atoms with Crippen molar-refractivity contribution in [3.05, 3.63) is 35.9 Å². The number of carbonyl (C=O) groups is 11. The van der Waals surface area contributed by atoms with Crippen molar-refractivity contribution in [2.24, 2.45) is 57.7 Å². The number of aliphatic imine (C=N–C) groups is 1. The Morgan fingerprint density at radius 2 is 1.14 bits per heavy atom. The lowest BCUT2D eigenvalue weighted by molar-refractivity contribution is -0.157. The summed E-state index contributed by atoms with van der Waals surface area (Å²) in [6.45, 7) is 16.0. The number of likely N-dealkylation sites (N-methyl/N-ethyl adjacent to an activating group) is 1. The number of aliphatic hydroxyl groups is 1. The summed E-state index contributed by atoms with van der Waals surface area (Å²) >= 11 is 0. The number of esters is 1. The number of aliphatic hydroxyl groups excluding tert-OH is 1. The standard InChI is InChI=1S/C66H111N15O13/c1-12-36(5)50(77-59(87)46(71-11)34-42-25-18-16-19-26-42)61(89)74-45(30-24-32-72-66(69)70)57(85)73-44(29-22-23-31-49(67)68)58(86)76-52(38(7)14-3)63(91)78-51(37(6)13-2)62(90)75-47(35-82)60(88)80-54-41(10)94-65(93)53(39(8)15-4)79-64(92)55(43-27-20-17-21-28-43)81-56(84)40(9)33-48(54)83/h16,18-19,25-26,36-41,43-47,50-55,71,82H,12-15,17,20-24,27-35H2,1-11H3,(H3,67,68)(H,73,85)(H,74,89)(H,75,90)(H,76,86)(H,77,87)(H,78,91)(H,79,92)(H,80,88)(H,81,84)(H4,69,70,72)/t36-,37-,38+,39-,40+,41-,44+,45-,46+,47-,50-,51-,52+,53-,54+,55-/m0/s1. The number of ether oxygens (including phenoxy) is 1. The van der Waals surface area contributed by atoms with E-state index in [1.165, 1.54) is 13.8 Å². The van der Waals surface area contributed by atoms with Crippen LogP contribution in [0.4, 0.5) is 0 Å². The SMILES string of the molecule is CC[C@@H](C)[C@@H](NC(=O)[C@@H](CCCCC(=N)N)NC(=O)[C@H](CCCN=C(N)N)NC(=O)[C@@H](NC(=O)[C@@H](Cc1ccccc1)NC)[C@@H](C)CC)C(=O)N[C@H](C(=O)N[C@@H](CO)C(=O)N[C@H]1C(=O)C[C@@H](C)C(=O)N[C@@H](C2CCCCC2)C(=O)N[C@@H]([C@@H](C)CC)C(=O)O[C@H]1C)[C@@H](C)CC. The lowest BCUT2D eigenvalue weighted by Gasteiger charge is -2.32. The van der Waals surface area contributed by atoms with E-state index in [4.69, 9.17) is 27.3 Å². The van der Waals surface area contributed by atoms with Crippen LogP contribution in [0.2, 0.25) is 0 Å². The van der Waals surface area contributed by atoms with Gasteiger partial charge in [-0.1, -0.05) is 144 Å². The molecular formula is C66H111N15O13. The smallest absolute Gasteiger partial charge is 0.329 e. The number of hydrogen-bond donors (Lipinski definition) is 15. The number of amides is 9. The van der Waals surface area contributed by atoms with Crippen molar-refractivity contribution >= 4 is 76.7 Å². The number of ketones is 1. The normalized spacial score (nSPS) is 21.7. The van der Waals surface area contributed by atoms with Crippen LogP contribution >= 0.6 is 0 Å². The number of guanidine groups is 1. The van der Waals surface area contributed by atoms with Crippen LogP contribution in [0.1, 0.15) is 178 Å². The van der Waals surface area contributed by atoms with Crippen LogP contribution in [0.3, 0.4) is 0 Å². The second kappa shape index (κ2) is 41.2. The van der Waals surface area contributed by atoms with E-state index < -0.39 is 174 Å². The third kappa shape index (κ3) is 25.9. The quantitative estimate of drug-likeness (QED) is 0.0193. The van der Waals surface area contributed by atoms with E-state index in [0.717, 1.165) is 24.8 Å². The highest BCUT2D eigenvalue weighted by Gasteiger charge is 2.42. The zero-order valence-electron chi connectivity index (χ0n) is 57.2. The molecular weight excluding hydrogens is 1210 g/mol. The molecule has 0 aromatic heterocycles. The molecule has 2 fully saturated rings. The van der Waals surface area contributed by atoms with Gasteiger partial charge in [0.2, 0.25) is 53.2 Å². The summed E-state index contributed by atoms with van der Waals surface area (Å²) in [6.07, 6.45) is 4.97. The van der Waals surface area contributed by atoms with Crippen LogP contribution in [0, 0.1) is 40.9 Å². The van der Waals surface area contributed by atoms with Crippen LogP contribution in [0.15, 0.2) is 35.3 Å². The molecule has 28 nitrogen and oxygen atoms in total. The van der Waals surface area contributed by atoms with Crippen molar-refractivity contribution in [3.8, 4) is 0 Å². The molecule has 18 N–H and O–H groups in total. The molecule has 0 radical (unpaired) electrons. The lowest BCUT2D eigenvalue weighted by atomic mass is 9.83. The average molecular weight is 1320 g/mol. The first-order chi connectivity index (χ1) is 44.5. The molecule has 1 aromatic carbocycles. The maximum absolute atomic E-state index is 14.7. The molecule has 0 unspecified atom stereocenters. The van der Waals surface area contributed by atoms with Crippen molar-refractivity contribution < 1.29 is 62.6 Å². The average Bonchev–Trinajstić information content (AvgIpc) is 1.51.